The van der Waals surface area contributed by atoms with Crippen molar-refractivity contribution in [3.05, 3.63) is 17.0 Å². The van der Waals surface area contributed by atoms with E-state index >= 15 is 0 Å². The van der Waals surface area contributed by atoms with Crippen molar-refractivity contribution in [2.24, 2.45) is 0 Å². The SMILES string of the molecule is O=C([O-])CCC(=O)Nc1sccc1C(=O)NC1CC1. The van der Waals surface area contributed by atoms with Gasteiger partial charge in [-0.25, -0.2) is 0 Å². The number of rotatable bonds is 6. The summed E-state index contributed by atoms with van der Waals surface area (Å²) in [5.41, 5.74) is 0.415. The Hall–Kier alpha value is -1.89. The molecule has 0 saturated heterocycles. The van der Waals surface area contributed by atoms with Gasteiger partial charge in [0, 0.05) is 18.4 Å². The number of nitrogens with one attached hydrogen (secondary N) is 2. The summed E-state index contributed by atoms with van der Waals surface area (Å²) in [7, 11) is 0. The summed E-state index contributed by atoms with van der Waals surface area (Å²) >= 11 is 1.23. The molecule has 2 amide bonds. The van der Waals surface area contributed by atoms with Crippen LogP contribution in [0.2, 0.25) is 0 Å². The second-order valence-electron chi connectivity index (χ2n) is 4.33. The third kappa shape index (κ3) is 4.06. The lowest BCUT2D eigenvalue weighted by Gasteiger charge is -2.07. The van der Waals surface area contributed by atoms with E-state index in [-0.39, 0.29) is 24.8 Å². The molecule has 1 aromatic rings. The molecule has 2 N–H and O–H groups in total. The summed E-state index contributed by atoms with van der Waals surface area (Å²) in [5, 5.41) is 17.8. The fraction of sp³-hybridized carbons (Fsp3) is 0.417. The highest BCUT2D eigenvalue weighted by Gasteiger charge is 2.25. The van der Waals surface area contributed by atoms with Crippen molar-refractivity contribution in [2.75, 3.05) is 5.32 Å². The second-order valence-corrected chi connectivity index (χ2v) is 5.25. The number of carboxylic acids is 1. The number of amides is 2. The second kappa shape index (κ2) is 5.83. The van der Waals surface area contributed by atoms with Gasteiger partial charge in [-0.05, 0) is 30.7 Å². The molecule has 7 heteroatoms. The molecule has 1 aromatic heterocycles. The Morgan fingerprint density at radius 2 is 2.05 bits per heavy atom. The molecule has 1 fully saturated rings. The van der Waals surface area contributed by atoms with Gasteiger partial charge in [0.05, 0.1) is 5.56 Å². The Balaban J connectivity index is 1.92. The fourth-order valence-electron chi connectivity index (χ4n) is 1.48. The standard InChI is InChI=1S/C12H14N2O4S/c15-9(3-4-10(16)17)14-12-8(5-6-19-12)11(18)13-7-1-2-7/h5-7H,1-4H2,(H,13,18)(H,14,15)(H,16,17)/p-1. The molecular formula is C12H13N2O4S-. The minimum Gasteiger partial charge on any atom is -0.550 e. The van der Waals surface area contributed by atoms with Gasteiger partial charge in [0.1, 0.15) is 5.00 Å². The molecule has 0 unspecified atom stereocenters. The minimum absolute atomic E-state index is 0.163. The molecule has 19 heavy (non-hydrogen) atoms. The van der Waals surface area contributed by atoms with Crippen LogP contribution in [-0.4, -0.2) is 23.8 Å². The number of hydrogen-bond donors (Lipinski definition) is 2. The third-order valence-corrected chi connectivity index (χ3v) is 3.46. The van der Waals surface area contributed by atoms with Crippen LogP contribution in [-0.2, 0) is 9.59 Å². The van der Waals surface area contributed by atoms with E-state index in [0.717, 1.165) is 12.8 Å². The first kappa shape index (κ1) is 13.5. The summed E-state index contributed by atoms with van der Waals surface area (Å²) < 4.78 is 0. The first-order valence-corrected chi connectivity index (χ1v) is 6.82. The summed E-state index contributed by atoms with van der Waals surface area (Å²) in [4.78, 5) is 33.6. The highest BCUT2D eigenvalue weighted by Crippen LogP contribution is 2.25. The Morgan fingerprint density at radius 3 is 2.68 bits per heavy atom. The molecule has 0 radical (unpaired) electrons. The Bertz CT molecular complexity index is 508. The summed E-state index contributed by atoms with van der Waals surface area (Å²) in [5.74, 6) is -1.92. The molecule has 2 rings (SSSR count). The van der Waals surface area contributed by atoms with Gasteiger partial charge in [-0.3, -0.25) is 9.59 Å². The monoisotopic (exact) mass is 281 g/mol. The maximum Gasteiger partial charge on any atom is 0.254 e. The van der Waals surface area contributed by atoms with Crippen LogP contribution >= 0.6 is 11.3 Å². The zero-order valence-electron chi connectivity index (χ0n) is 10.1. The molecule has 0 spiro atoms. The minimum atomic E-state index is -1.27. The van der Waals surface area contributed by atoms with E-state index < -0.39 is 11.9 Å². The first-order chi connectivity index (χ1) is 9.06. The van der Waals surface area contributed by atoms with Crippen molar-refractivity contribution in [3.8, 4) is 0 Å². The molecule has 0 aliphatic heterocycles. The van der Waals surface area contributed by atoms with E-state index in [4.69, 9.17) is 0 Å². The van der Waals surface area contributed by atoms with Gasteiger partial charge >= 0.3 is 0 Å². The van der Waals surface area contributed by atoms with E-state index in [1.165, 1.54) is 11.3 Å². The quantitative estimate of drug-likeness (QED) is 0.773. The van der Waals surface area contributed by atoms with Gasteiger partial charge in [-0.15, -0.1) is 11.3 Å². The first-order valence-electron chi connectivity index (χ1n) is 5.94. The zero-order chi connectivity index (χ0) is 13.8. The third-order valence-electron chi connectivity index (χ3n) is 2.63. The predicted octanol–water partition coefficient (Wildman–Crippen LogP) is 0.109. The highest BCUT2D eigenvalue weighted by molar-refractivity contribution is 7.14. The molecule has 102 valence electrons. The lowest BCUT2D eigenvalue weighted by Crippen LogP contribution is -2.27. The summed E-state index contributed by atoms with van der Waals surface area (Å²) in [6.45, 7) is 0. The molecule has 0 bridgehead atoms. The van der Waals surface area contributed by atoms with Gasteiger partial charge in [0.2, 0.25) is 5.91 Å². The van der Waals surface area contributed by atoms with E-state index in [2.05, 4.69) is 10.6 Å². The molecular weight excluding hydrogens is 268 g/mol. The maximum absolute atomic E-state index is 11.9. The van der Waals surface area contributed by atoms with E-state index in [1.54, 1.807) is 11.4 Å². The number of carboxylic acid groups (broad SMARTS) is 1. The maximum atomic E-state index is 11.9. The number of hydrogen-bond acceptors (Lipinski definition) is 5. The zero-order valence-corrected chi connectivity index (χ0v) is 10.9. The normalized spacial score (nSPS) is 13.9. The van der Waals surface area contributed by atoms with Crippen molar-refractivity contribution < 1.29 is 19.5 Å². The van der Waals surface area contributed by atoms with Crippen molar-refractivity contribution >= 4 is 34.1 Å². The average molecular weight is 281 g/mol. The van der Waals surface area contributed by atoms with Crippen molar-refractivity contribution in [1.29, 1.82) is 0 Å². The summed E-state index contributed by atoms with van der Waals surface area (Å²) in [6, 6.07) is 1.88. The Kier molecular flexibility index (Phi) is 4.16. The molecule has 0 aromatic carbocycles. The van der Waals surface area contributed by atoms with Crippen molar-refractivity contribution in [3.63, 3.8) is 0 Å². The van der Waals surface area contributed by atoms with Crippen LogP contribution in [0.3, 0.4) is 0 Å². The number of aliphatic carboxylic acids is 1. The van der Waals surface area contributed by atoms with Gasteiger partial charge in [-0.2, -0.15) is 0 Å². The highest BCUT2D eigenvalue weighted by atomic mass is 32.1. The Labute approximate surface area is 113 Å². The van der Waals surface area contributed by atoms with Crippen LogP contribution < -0.4 is 15.7 Å². The van der Waals surface area contributed by atoms with E-state index in [1.807, 2.05) is 0 Å². The summed E-state index contributed by atoms with van der Waals surface area (Å²) in [6.07, 6.45) is 1.48. The van der Waals surface area contributed by atoms with Crippen LogP contribution in [0.25, 0.3) is 0 Å². The van der Waals surface area contributed by atoms with Crippen molar-refractivity contribution in [2.45, 2.75) is 31.7 Å². The topological polar surface area (TPSA) is 98.3 Å². The molecule has 0 atom stereocenters. The molecule has 1 heterocycles. The molecule has 1 saturated carbocycles. The lowest BCUT2D eigenvalue weighted by atomic mass is 10.2. The number of carbonyl (C=O) groups excluding carboxylic acids is 3. The predicted molar refractivity (Wildman–Crippen MR) is 67.7 cm³/mol. The number of thiophene rings is 1. The van der Waals surface area contributed by atoms with Crippen LogP contribution in [0, 0.1) is 0 Å². The average Bonchev–Trinajstić information content (AvgIpc) is 3.03. The largest absolute Gasteiger partial charge is 0.550 e. The molecule has 1 aliphatic carbocycles. The van der Waals surface area contributed by atoms with Crippen LogP contribution in [0.1, 0.15) is 36.0 Å². The fourth-order valence-corrected chi connectivity index (χ4v) is 2.28. The van der Waals surface area contributed by atoms with Crippen LogP contribution in [0.4, 0.5) is 5.00 Å². The smallest absolute Gasteiger partial charge is 0.254 e. The van der Waals surface area contributed by atoms with E-state index in [9.17, 15) is 19.5 Å². The number of carbonyl (C=O) groups is 3. The van der Waals surface area contributed by atoms with Gasteiger partial charge in [0.15, 0.2) is 0 Å². The van der Waals surface area contributed by atoms with Gasteiger partial charge in [0.25, 0.3) is 5.91 Å². The molecule has 6 nitrogen and oxygen atoms in total. The van der Waals surface area contributed by atoms with E-state index in [0.29, 0.717) is 10.6 Å². The van der Waals surface area contributed by atoms with Gasteiger partial charge < -0.3 is 20.5 Å². The molecule has 1 aliphatic rings. The van der Waals surface area contributed by atoms with Crippen LogP contribution in [0.15, 0.2) is 11.4 Å². The van der Waals surface area contributed by atoms with Gasteiger partial charge in [-0.1, -0.05) is 0 Å². The number of anilines is 1. The Morgan fingerprint density at radius 1 is 1.32 bits per heavy atom. The van der Waals surface area contributed by atoms with Crippen molar-refractivity contribution in [1.82, 2.24) is 5.32 Å². The van der Waals surface area contributed by atoms with Crippen LogP contribution in [0.5, 0.6) is 0 Å². The lowest BCUT2D eigenvalue weighted by molar-refractivity contribution is -0.305.